The van der Waals surface area contributed by atoms with Crippen LogP contribution in [0.3, 0.4) is 0 Å². The van der Waals surface area contributed by atoms with E-state index in [1.165, 1.54) is 0 Å². The number of halogens is 1. The van der Waals surface area contributed by atoms with Crippen molar-refractivity contribution in [2.45, 2.75) is 31.0 Å². The monoisotopic (exact) mass is 266 g/mol. The first-order valence-corrected chi connectivity index (χ1v) is 5.99. The van der Waals surface area contributed by atoms with Crippen molar-refractivity contribution in [2.75, 3.05) is 5.75 Å². The summed E-state index contributed by atoms with van der Waals surface area (Å²) in [7, 11) is -3.99. The van der Waals surface area contributed by atoms with Crippen molar-refractivity contribution in [1.29, 1.82) is 0 Å². The molecule has 0 spiro atoms. The Kier molecular flexibility index (Phi) is 10.2. The van der Waals surface area contributed by atoms with Crippen LogP contribution in [0.2, 0.25) is 0 Å². The fourth-order valence-electron chi connectivity index (χ4n) is 0.704. The molecule has 1 unspecified atom stereocenters. The first-order valence-electron chi connectivity index (χ1n) is 3.49. The molecule has 1 atom stereocenters. The first kappa shape index (κ1) is 15.8. The van der Waals surface area contributed by atoms with Crippen LogP contribution in [-0.2, 0) is 10.1 Å². The van der Waals surface area contributed by atoms with Gasteiger partial charge >= 0.3 is 29.6 Å². The van der Waals surface area contributed by atoms with Crippen LogP contribution in [0.1, 0.15) is 26.2 Å². The molecular formula is C6H12BrNaO3S. The number of alkyl halides is 1. The quantitative estimate of drug-likeness (QED) is 0.263. The molecule has 0 saturated heterocycles. The number of hydrogen-bond donors (Lipinski definition) is 0. The Morgan fingerprint density at radius 3 is 2.25 bits per heavy atom. The average molecular weight is 267 g/mol. The molecule has 0 bridgehead atoms. The summed E-state index contributed by atoms with van der Waals surface area (Å²) in [6.45, 7) is 1.99. The summed E-state index contributed by atoms with van der Waals surface area (Å²) >= 11 is 3.33. The fraction of sp³-hybridized carbons (Fsp3) is 1.00. The normalized spacial score (nSPS) is 13.6. The van der Waals surface area contributed by atoms with E-state index in [0.717, 1.165) is 12.8 Å². The van der Waals surface area contributed by atoms with E-state index in [9.17, 15) is 13.0 Å². The Morgan fingerprint density at radius 2 is 1.92 bits per heavy atom. The number of rotatable bonds is 5. The molecular weight excluding hydrogens is 255 g/mol. The van der Waals surface area contributed by atoms with E-state index < -0.39 is 10.1 Å². The van der Waals surface area contributed by atoms with Crippen LogP contribution >= 0.6 is 15.9 Å². The van der Waals surface area contributed by atoms with Gasteiger partial charge in [-0.2, -0.15) is 0 Å². The largest absolute Gasteiger partial charge is 1.00 e. The summed E-state index contributed by atoms with van der Waals surface area (Å²) in [5.41, 5.74) is 0. The Labute approximate surface area is 104 Å². The van der Waals surface area contributed by atoms with Gasteiger partial charge in [0.05, 0.1) is 10.1 Å². The number of unbranched alkanes of at least 4 members (excludes halogenated alkanes) is 1. The standard InChI is InChI=1S/C6H13BrO3S.Na/c1-6(7)4-2-3-5-11(8,9)10;/h6H,2-5H2,1H3,(H,8,9,10);/q;+1/p-1. The summed E-state index contributed by atoms with van der Waals surface area (Å²) < 4.78 is 30.3. The van der Waals surface area contributed by atoms with Crippen LogP contribution in [0, 0.1) is 0 Å². The summed E-state index contributed by atoms with van der Waals surface area (Å²) in [4.78, 5) is 0.400. The molecule has 0 aliphatic carbocycles. The molecule has 0 aliphatic rings. The van der Waals surface area contributed by atoms with Gasteiger partial charge in [-0.05, 0) is 12.8 Å². The molecule has 0 aromatic rings. The molecule has 0 amide bonds. The summed E-state index contributed by atoms with van der Waals surface area (Å²) in [5.74, 6) is -0.229. The Bertz CT molecular complexity index is 191. The Morgan fingerprint density at radius 1 is 1.42 bits per heavy atom. The molecule has 3 nitrogen and oxygen atoms in total. The zero-order valence-corrected chi connectivity index (χ0v) is 11.8. The molecule has 0 fully saturated rings. The van der Waals surface area contributed by atoms with Crippen molar-refractivity contribution < 1.29 is 42.5 Å². The van der Waals surface area contributed by atoms with Crippen molar-refractivity contribution >= 4 is 26.0 Å². The Balaban J connectivity index is 0. The second-order valence-electron chi connectivity index (χ2n) is 2.54. The predicted molar refractivity (Wildman–Crippen MR) is 46.8 cm³/mol. The van der Waals surface area contributed by atoms with E-state index in [4.69, 9.17) is 0 Å². The Hall–Kier alpha value is 1.39. The van der Waals surface area contributed by atoms with E-state index in [-0.39, 0.29) is 35.3 Å². The summed E-state index contributed by atoms with van der Waals surface area (Å²) in [6.07, 6.45) is 2.17. The smallest absolute Gasteiger partial charge is 0.748 e. The molecule has 0 aromatic heterocycles. The third-order valence-corrected chi connectivity index (χ3v) is 2.49. The van der Waals surface area contributed by atoms with Crippen molar-refractivity contribution in [2.24, 2.45) is 0 Å². The van der Waals surface area contributed by atoms with Crippen LogP contribution in [0.5, 0.6) is 0 Å². The van der Waals surface area contributed by atoms with Crippen LogP contribution in [0.25, 0.3) is 0 Å². The van der Waals surface area contributed by atoms with Crippen LogP contribution < -0.4 is 29.6 Å². The number of hydrogen-bond acceptors (Lipinski definition) is 3. The van der Waals surface area contributed by atoms with Gasteiger partial charge in [-0.15, -0.1) is 0 Å². The van der Waals surface area contributed by atoms with Gasteiger partial charge in [-0.1, -0.05) is 29.3 Å². The third kappa shape index (κ3) is 13.9. The average Bonchev–Trinajstić information content (AvgIpc) is 1.78. The molecule has 0 aromatic carbocycles. The maximum Gasteiger partial charge on any atom is 1.00 e. The third-order valence-electron chi connectivity index (χ3n) is 1.25. The minimum Gasteiger partial charge on any atom is -0.748 e. The van der Waals surface area contributed by atoms with Gasteiger partial charge in [-0.25, -0.2) is 8.42 Å². The predicted octanol–water partition coefficient (Wildman–Crippen LogP) is -1.51. The molecule has 0 radical (unpaired) electrons. The second-order valence-corrected chi connectivity index (χ2v) is 5.63. The zero-order valence-electron chi connectivity index (χ0n) is 7.42. The SMILES string of the molecule is CC(Br)CCCCS(=O)(=O)[O-].[Na+]. The molecule has 0 heterocycles. The van der Waals surface area contributed by atoms with Crippen LogP contribution in [0.15, 0.2) is 0 Å². The van der Waals surface area contributed by atoms with E-state index in [0.29, 0.717) is 11.2 Å². The van der Waals surface area contributed by atoms with E-state index in [2.05, 4.69) is 15.9 Å². The van der Waals surface area contributed by atoms with Gasteiger partial charge in [0.15, 0.2) is 0 Å². The van der Waals surface area contributed by atoms with Crippen LogP contribution in [-0.4, -0.2) is 23.6 Å². The van der Waals surface area contributed by atoms with Gasteiger partial charge in [0.2, 0.25) is 0 Å². The van der Waals surface area contributed by atoms with Gasteiger partial charge in [0.1, 0.15) is 0 Å². The topological polar surface area (TPSA) is 57.2 Å². The first-order chi connectivity index (χ1) is 4.92. The maximum absolute atomic E-state index is 10.1. The van der Waals surface area contributed by atoms with Crippen molar-refractivity contribution in [3.63, 3.8) is 0 Å². The van der Waals surface area contributed by atoms with Crippen molar-refractivity contribution in [1.82, 2.24) is 0 Å². The minimum absolute atomic E-state index is 0. The second kappa shape index (κ2) is 7.76. The van der Waals surface area contributed by atoms with E-state index in [1.54, 1.807) is 0 Å². The molecule has 6 heteroatoms. The van der Waals surface area contributed by atoms with Gasteiger partial charge in [-0.3, -0.25) is 0 Å². The van der Waals surface area contributed by atoms with E-state index in [1.807, 2.05) is 6.92 Å². The van der Waals surface area contributed by atoms with Crippen molar-refractivity contribution in [3.05, 3.63) is 0 Å². The van der Waals surface area contributed by atoms with Gasteiger partial charge in [0, 0.05) is 10.6 Å². The molecule has 0 aliphatic heterocycles. The zero-order chi connectivity index (χ0) is 8.91. The molecule has 0 rings (SSSR count). The van der Waals surface area contributed by atoms with E-state index >= 15 is 0 Å². The fourth-order valence-corrected chi connectivity index (χ4v) is 1.59. The summed E-state index contributed by atoms with van der Waals surface area (Å²) in [5, 5.41) is 0. The maximum atomic E-state index is 10.1. The molecule has 0 saturated carbocycles. The van der Waals surface area contributed by atoms with Gasteiger partial charge < -0.3 is 4.55 Å². The minimum atomic E-state index is -3.99. The molecule has 0 N–H and O–H groups in total. The van der Waals surface area contributed by atoms with Crippen molar-refractivity contribution in [3.8, 4) is 0 Å². The van der Waals surface area contributed by atoms with Crippen LogP contribution in [0.4, 0.5) is 0 Å². The molecule has 12 heavy (non-hydrogen) atoms. The molecule has 68 valence electrons. The van der Waals surface area contributed by atoms with Gasteiger partial charge in [0.25, 0.3) is 0 Å². The summed E-state index contributed by atoms with van der Waals surface area (Å²) in [6, 6.07) is 0.